The summed E-state index contributed by atoms with van der Waals surface area (Å²) in [5.41, 5.74) is 0. The SMILES string of the molecule is CCCCCC(O)CS[C@H]1C(O)CC(C=O)[C@@H]1CC=CCCCC(=O)OC. The van der Waals surface area contributed by atoms with Crippen molar-refractivity contribution in [1.82, 2.24) is 0 Å². The summed E-state index contributed by atoms with van der Waals surface area (Å²) in [5.74, 6) is 0.380. The maximum atomic E-state index is 11.4. The zero-order chi connectivity index (χ0) is 20.1. The van der Waals surface area contributed by atoms with E-state index in [2.05, 4.69) is 17.7 Å². The topological polar surface area (TPSA) is 83.8 Å². The van der Waals surface area contributed by atoms with E-state index < -0.39 is 6.10 Å². The molecule has 0 saturated heterocycles. The number of ether oxygens (including phenoxy) is 1. The Morgan fingerprint density at radius 1 is 1.30 bits per heavy atom. The molecule has 2 N–H and O–H groups in total. The highest BCUT2D eigenvalue weighted by molar-refractivity contribution is 8.00. The first-order valence-electron chi connectivity index (χ1n) is 10.2. The molecule has 0 aliphatic heterocycles. The van der Waals surface area contributed by atoms with E-state index in [-0.39, 0.29) is 29.2 Å². The lowest BCUT2D eigenvalue weighted by Gasteiger charge is -2.23. The highest BCUT2D eigenvalue weighted by atomic mass is 32.2. The van der Waals surface area contributed by atoms with E-state index in [0.29, 0.717) is 18.6 Å². The van der Waals surface area contributed by atoms with Crippen LogP contribution in [-0.2, 0) is 14.3 Å². The molecule has 1 fully saturated rings. The molecule has 3 unspecified atom stereocenters. The highest BCUT2D eigenvalue weighted by Crippen LogP contribution is 2.41. The van der Waals surface area contributed by atoms with Gasteiger partial charge in [0, 0.05) is 23.3 Å². The molecule has 0 radical (unpaired) electrons. The average Bonchev–Trinajstić information content (AvgIpc) is 2.97. The summed E-state index contributed by atoms with van der Waals surface area (Å²) in [6.45, 7) is 2.14. The van der Waals surface area contributed by atoms with Gasteiger partial charge in [-0.3, -0.25) is 4.79 Å². The predicted molar refractivity (Wildman–Crippen MR) is 110 cm³/mol. The van der Waals surface area contributed by atoms with Crippen LogP contribution in [0.3, 0.4) is 0 Å². The van der Waals surface area contributed by atoms with Crippen LogP contribution in [-0.4, -0.2) is 52.8 Å². The first kappa shape index (κ1) is 24.2. The van der Waals surface area contributed by atoms with Gasteiger partial charge < -0.3 is 19.7 Å². The van der Waals surface area contributed by atoms with Crippen LogP contribution in [0, 0.1) is 11.8 Å². The first-order valence-corrected chi connectivity index (χ1v) is 11.2. The lowest BCUT2D eigenvalue weighted by molar-refractivity contribution is -0.140. The van der Waals surface area contributed by atoms with E-state index >= 15 is 0 Å². The third-order valence-corrected chi connectivity index (χ3v) is 6.84. The Hall–Kier alpha value is -0.850. The summed E-state index contributed by atoms with van der Waals surface area (Å²) < 4.78 is 4.62. The number of hydrogen-bond donors (Lipinski definition) is 2. The predicted octanol–water partition coefficient (Wildman–Crippen LogP) is 3.51. The number of aliphatic hydroxyl groups is 2. The van der Waals surface area contributed by atoms with E-state index in [9.17, 15) is 19.8 Å². The average molecular weight is 401 g/mol. The van der Waals surface area contributed by atoms with Crippen molar-refractivity contribution in [2.45, 2.75) is 82.2 Å². The van der Waals surface area contributed by atoms with Crippen LogP contribution < -0.4 is 0 Å². The Bertz CT molecular complexity index is 454. The molecule has 0 heterocycles. The van der Waals surface area contributed by atoms with E-state index in [4.69, 9.17) is 0 Å². The standard InChI is InChI=1S/C21H36O5S/c1-3-4-7-10-17(23)15-27-21-18(16(14-22)13-19(21)24)11-8-5-6-9-12-20(25)26-2/h5,8,14,16-19,21,23-24H,3-4,6-7,9-13,15H2,1-2H3/t16?,17?,18-,19?,21+/m0/s1. The minimum atomic E-state index is -0.495. The number of esters is 1. The van der Waals surface area contributed by atoms with Crippen molar-refractivity contribution in [3.8, 4) is 0 Å². The molecule has 0 bridgehead atoms. The molecule has 1 aliphatic carbocycles. The fraction of sp³-hybridized carbons (Fsp3) is 0.810. The minimum Gasteiger partial charge on any atom is -0.469 e. The Balaban J connectivity index is 2.44. The summed E-state index contributed by atoms with van der Waals surface area (Å²) in [5, 5.41) is 20.5. The van der Waals surface area contributed by atoms with Gasteiger partial charge in [0.2, 0.25) is 0 Å². The molecule has 1 saturated carbocycles. The van der Waals surface area contributed by atoms with Gasteiger partial charge in [-0.1, -0.05) is 38.3 Å². The van der Waals surface area contributed by atoms with Gasteiger partial charge in [-0.15, -0.1) is 0 Å². The Labute approximate surface area is 167 Å². The molecule has 27 heavy (non-hydrogen) atoms. The number of methoxy groups -OCH3 is 1. The lowest BCUT2D eigenvalue weighted by Crippen LogP contribution is -2.26. The second-order valence-electron chi connectivity index (χ2n) is 7.39. The van der Waals surface area contributed by atoms with Gasteiger partial charge in [0.25, 0.3) is 0 Å². The van der Waals surface area contributed by atoms with E-state index in [1.165, 1.54) is 7.11 Å². The number of hydrogen-bond acceptors (Lipinski definition) is 6. The van der Waals surface area contributed by atoms with Crippen molar-refractivity contribution in [2.75, 3.05) is 12.9 Å². The molecular weight excluding hydrogens is 364 g/mol. The zero-order valence-electron chi connectivity index (χ0n) is 16.7. The van der Waals surface area contributed by atoms with Crippen molar-refractivity contribution < 1.29 is 24.5 Å². The number of carbonyl (C=O) groups excluding carboxylic acids is 2. The molecule has 0 aromatic heterocycles. The molecule has 0 spiro atoms. The van der Waals surface area contributed by atoms with Crippen molar-refractivity contribution in [3.63, 3.8) is 0 Å². The van der Waals surface area contributed by atoms with Crippen LogP contribution in [0.25, 0.3) is 0 Å². The third-order valence-electron chi connectivity index (χ3n) is 5.22. The Kier molecular flexibility index (Phi) is 12.7. The van der Waals surface area contributed by atoms with Crippen molar-refractivity contribution in [1.29, 1.82) is 0 Å². The summed E-state index contributed by atoms with van der Waals surface area (Å²) in [4.78, 5) is 22.5. The van der Waals surface area contributed by atoms with Crippen LogP contribution in [0.2, 0.25) is 0 Å². The number of carbonyl (C=O) groups is 2. The van der Waals surface area contributed by atoms with Gasteiger partial charge in [0.1, 0.15) is 6.29 Å². The van der Waals surface area contributed by atoms with Gasteiger partial charge in [0.05, 0.1) is 19.3 Å². The van der Waals surface area contributed by atoms with Crippen LogP contribution in [0.1, 0.15) is 64.7 Å². The molecule has 0 amide bonds. The maximum absolute atomic E-state index is 11.4. The molecule has 5 nitrogen and oxygen atoms in total. The van der Waals surface area contributed by atoms with E-state index in [1.807, 2.05) is 6.08 Å². The smallest absolute Gasteiger partial charge is 0.305 e. The van der Waals surface area contributed by atoms with Crippen molar-refractivity contribution in [2.24, 2.45) is 11.8 Å². The fourth-order valence-electron chi connectivity index (χ4n) is 3.59. The molecule has 0 aromatic carbocycles. The second kappa shape index (κ2) is 14.2. The quantitative estimate of drug-likeness (QED) is 0.201. The lowest BCUT2D eigenvalue weighted by atomic mass is 9.93. The summed E-state index contributed by atoms with van der Waals surface area (Å²) in [7, 11) is 1.39. The van der Waals surface area contributed by atoms with Crippen molar-refractivity contribution in [3.05, 3.63) is 12.2 Å². The largest absolute Gasteiger partial charge is 0.469 e. The highest BCUT2D eigenvalue weighted by Gasteiger charge is 2.42. The van der Waals surface area contributed by atoms with Crippen LogP contribution >= 0.6 is 11.8 Å². The van der Waals surface area contributed by atoms with Gasteiger partial charge in [-0.05, 0) is 38.0 Å². The monoisotopic (exact) mass is 400 g/mol. The van der Waals surface area contributed by atoms with Crippen LogP contribution in [0.5, 0.6) is 0 Å². The number of aldehydes is 1. The summed E-state index contributed by atoms with van der Waals surface area (Å²) in [6.07, 6.45) is 11.5. The minimum absolute atomic E-state index is 0.0132. The van der Waals surface area contributed by atoms with E-state index in [1.54, 1.807) is 11.8 Å². The van der Waals surface area contributed by atoms with Crippen LogP contribution in [0.15, 0.2) is 12.2 Å². The molecule has 156 valence electrons. The van der Waals surface area contributed by atoms with E-state index in [0.717, 1.165) is 51.2 Å². The van der Waals surface area contributed by atoms with Gasteiger partial charge in [-0.2, -0.15) is 11.8 Å². The molecule has 0 aromatic rings. The number of allylic oxidation sites excluding steroid dienone is 2. The summed E-state index contributed by atoms with van der Waals surface area (Å²) in [6, 6.07) is 0. The van der Waals surface area contributed by atoms with Gasteiger partial charge >= 0.3 is 5.97 Å². The molecular formula is C21H36O5S. The van der Waals surface area contributed by atoms with Gasteiger partial charge in [-0.25, -0.2) is 0 Å². The number of thioether (sulfide) groups is 1. The molecule has 1 rings (SSSR count). The molecule has 1 aliphatic rings. The summed E-state index contributed by atoms with van der Waals surface area (Å²) >= 11 is 1.61. The number of unbranched alkanes of at least 4 members (excludes halogenated alkanes) is 3. The van der Waals surface area contributed by atoms with Crippen molar-refractivity contribution >= 4 is 24.0 Å². The number of rotatable bonds is 14. The second-order valence-corrected chi connectivity index (χ2v) is 8.60. The molecule has 6 heteroatoms. The Morgan fingerprint density at radius 3 is 2.74 bits per heavy atom. The maximum Gasteiger partial charge on any atom is 0.305 e. The fourth-order valence-corrected chi connectivity index (χ4v) is 5.09. The Morgan fingerprint density at radius 2 is 2.07 bits per heavy atom. The van der Waals surface area contributed by atoms with Gasteiger partial charge in [0.15, 0.2) is 0 Å². The molecule has 5 atom stereocenters. The zero-order valence-corrected chi connectivity index (χ0v) is 17.5. The van der Waals surface area contributed by atoms with Crippen LogP contribution in [0.4, 0.5) is 0 Å². The normalized spacial score (nSPS) is 26.4. The number of aliphatic hydroxyl groups excluding tert-OH is 2. The first-order chi connectivity index (χ1) is 13.0. The third kappa shape index (κ3) is 9.26.